The summed E-state index contributed by atoms with van der Waals surface area (Å²) < 4.78 is 23.6. The molecule has 4 atom stereocenters. The van der Waals surface area contributed by atoms with Crippen molar-refractivity contribution >= 4 is 0 Å². The minimum atomic E-state index is -0.502. The van der Waals surface area contributed by atoms with Crippen LogP contribution in [0.15, 0.2) is 18.2 Å². The number of rotatable bonds is 6. The fraction of sp³-hybridized carbons (Fsp3) is 0.739. The van der Waals surface area contributed by atoms with E-state index in [-0.39, 0.29) is 5.41 Å². The van der Waals surface area contributed by atoms with Gasteiger partial charge in [-0.3, -0.25) is 0 Å². The van der Waals surface area contributed by atoms with E-state index in [1.165, 1.54) is 24.8 Å². The molecule has 0 radical (unpaired) electrons. The van der Waals surface area contributed by atoms with Gasteiger partial charge in [0.1, 0.15) is 5.75 Å². The van der Waals surface area contributed by atoms with Gasteiger partial charge in [-0.15, -0.1) is 0 Å². The van der Waals surface area contributed by atoms with E-state index in [0.29, 0.717) is 17.8 Å². The van der Waals surface area contributed by atoms with Crippen molar-refractivity contribution in [2.24, 2.45) is 17.3 Å². The van der Waals surface area contributed by atoms with Crippen LogP contribution < -0.4 is 4.74 Å². The van der Waals surface area contributed by atoms with Crippen LogP contribution in [0.5, 0.6) is 5.75 Å². The van der Waals surface area contributed by atoms with Crippen LogP contribution in [0.2, 0.25) is 0 Å². The highest BCUT2D eigenvalue weighted by atomic mass is 16.7. The van der Waals surface area contributed by atoms with Gasteiger partial charge >= 0.3 is 0 Å². The van der Waals surface area contributed by atoms with Crippen molar-refractivity contribution in [3.63, 3.8) is 0 Å². The van der Waals surface area contributed by atoms with Crippen LogP contribution in [0, 0.1) is 17.3 Å². The first kappa shape index (κ1) is 19.2. The van der Waals surface area contributed by atoms with Crippen molar-refractivity contribution in [3.05, 3.63) is 29.3 Å². The third-order valence-electron chi connectivity index (χ3n) is 7.91. The summed E-state index contributed by atoms with van der Waals surface area (Å²) in [5.41, 5.74) is 3.00. The maximum atomic E-state index is 6.08. The molecular weight excluding hydrogens is 340 g/mol. The smallest absolute Gasteiger partial charge is 0.175 e. The van der Waals surface area contributed by atoms with Gasteiger partial charge in [-0.25, -0.2) is 0 Å². The summed E-state index contributed by atoms with van der Waals surface area (Å²) in [6, 6.07) is 6.69. The first-order valence-electron chi connectivity index (χ1n) is 10.5. The van der Waals surface area contributed by atoms with Crippen molar-refractivity contribution in [1.29, 1.82) is 0 Å². The molecule has 4 heteroatoms. The first-order chi connectivity index (χ1) is 13.1. The van der Waals surface area contributed by atoms with Crippen LogP contribution in [0.4, 0.5) is 0 Å². The van der Waals surface area contributed by atoms with Gasteiger partial charge in [0.15, 0.2) is 5.79 Å². The molecule has 1 aromatic carbocycles. The van der Waals surface area contributed by atoms with E-state index < -0.39 is 5.79 Å². The van der Waals surface area contributed by atoms with Crippen molar-refractivity contribution in [1.82, 2.24) is 0 Å². The number of hydrogen-bond donors (Lipinski definition) is 0. The summed E-state index contributed by atoms with van der Waals surface area (Å²) >= 11 is 0. The Morgan fingerprint density at radius 1 is 1.04 bits per heavy atom. The summed E-state index contributed by atoms with van der Waals surface area (Å²) in [7, 11) is 5.38. The lowest BCUT2D eigenvalue weighted by Gasteiger charge is -2.54. The predicted molar refractivity (Wildman–Crippen MR) is 105 cm³/mol. The first-order valence-corrected chi connectivity index (χ1v) is 10.5. The maximum absolute atomic E-state index is 6.08. The monoisotopic (exact) mass is 374 g/mol. The minimum absolute atomic E-state index is 0.0301. The molecule has 3 aliphatic rings. The lowest BCUT2D eigenvalue weighted by atomic mass is 9.54. The average molecular weight is 375 g/mol. The molecule has 150 valence electrons. The quantitative estimate of drug-likeness (QED) is 0.684. The van der Waals surface area contributed by atoms with Crippen molar-refractivity contribution in [3.8, 4) is 5.75 Å². The molecule has 2 saturated carbocycles. The molecule has 4 rings (SSSR count). The van der Waals surface area contributed by atoms with E-state index in [4.69, 9.17) is 18.9 Å². The number of methoxy groups -OCH3 is 3. The van der Waals surface area contributed by atoms with Crippen molar-refractivity contribution < 1.29 is 18.9 Å². The maximum Gasteiger partial charge on any atom is 0.175 e. The van der Waals surface area contributed by atoms with E-state index in [2.05, 4.69) is 25.1 Å². The van der Waals surface area contributed by atoms with Gasteiger partial charge in [-0.2, -0.15) is 0 Å². The molecule has 0 unspecified atom stereocenters. The molecule has 0 amide bonds. The number of fused-ring (bicyclic) bond motifs is 5. The van der Waals surface area contributed by atoms with Crippen molar-refractivity contribution in [2.75, 3.05) is 34.5 Å². The molecule has 1 aromatic rings. The second-order valence-electron chi connectivity index (χ2n) is 8.51. The zero-order valence-electron chi connectivity index (χ0n) is 17.3. The Hall–Kier alpha value is -1.10. The molecule has 0 saturated heterocycles. The summed E-state index contributed by atoms with van der Waals surface area (Å²) in [5.74, 6) is 2.40. The Balaban J connectivity index is 1.69. The topological polar surface area (TPSA) is 36.9 Å². The van der Waals surface area contributed by atoms with Gasteiger partial charge in [-0.05, 0) is 80.0 Å². The molecule has 0 N–H and O–H groups in total. The van der Waals surface area contributed by atoms with E-state index in [1.807, 2.05) is 14.2 Å². The molecule has 27 heavy (non-hydrogen) atoms. The van der Waals surface area contributed by atoms with Crippen LogP contribution in [0.25, 0.3) is 0 Å². The lowest BCUT2D eigenvalue weighted by molar-refractivity contribution is -0.290. The summed E-state index contributed by atoms with van der Waals surface area (Å²) in [6.07, 6.45) is 6.81. The fourth-order valence-corrected chi connectivity index (χ4v) is 6.73. The van der Waals surface area contributed by atoms with Crippen LogP contribution in [-0.4, -0.2) is 40.3 Å². The molecule has 0 aromatic heterocycles. The Morgan fingerprint density at radius 3 is 2.56 bits per heavy atom. The van der Waals surface area contributed by atoms with Crippen LogP contribution in [0.1, 0.15) is 56.1 Å². The summed E-state index contributed by atoms with van der Waals surface area (Å²) in [5, 5.41) is 0. The van der Waals surface area contributed by atoms with E-state index >= 15 is 0 Å². The SMILES string of the molecule is CCOC[C@]12CC[C@@H]3c4ccc(OC)cc4CC[C@H]3[C@@H]1CCC2(OC)OC. The van der Waals surface area contributed by atoms with Crippen LogP contribution in [-0.2, 0) is 20.6 Å². The molecule has 0 aliphatic heterocycles. The van der Waals surface area contributed by atoms with Crippen molar-refractivity contribution in [2.45, 2.75) is 57.2 Å². The third kappa shape index (κ3) is 2.75. The Morgan fingerprint density at radius 2 is 1.85 bits per heavy atom. The Bertz CT molecular complexity index is 668. The number of hydrogen-bond acceptors (Lipinski definition) is 4. The normalized spacial score (nSPS) is 33.9. The second-order valence-corrected chi connectivity index (χ2v) is 8.51. The van der Waals surface area contributed by atoms with Gasteiger partial charge in [0.2, 0.25) is 0 Å². The van der Waals surface area contributed by atoms with E-state index in [9.17, 15) is 0 Å². The van der Waals surface area contributed by atoms with E-state index in [0.717, 1.165) is 38.2 Å². The van der Waals surface area contributed by atoms with Gasteiger partial charge in [0, 0.05) is 27.2 Å². The number of ether oxygens (including phenoxy) is 4. The summed E-state index contributed by atoms with van der Waals surface area (Å²) in [4.78, 5) is 0. The zero-order valence-corrected chi connectivity index (χ0v) is 17.3. The predicted octanol–water partition coefficient (Wildman–Crippen LogP) is 4.56. The van der Waals surface area contributed by atoms with Gasteiger partial charge < -0.3 is 18.9 Å². The third-order valence-corrected chi connectivity index (χ3v) is 7.91. The highest BCUT2D eigenvalue weighted by Crippen LogP contribution is 2.65. The largest absolute Gasteiger partial charge is 0.497 e. The van der Waals surface area contributed by atoms with Gasteiger partial charge in [0.25, 0.3) is 0 Å². The van der Waals surface area contributed by atoms with Gasteiger partial charge in [-0.1, -0.05) is 6.07 Å². The zero-order chi connectivity index (χ0) is 19.1. The van der Waals surface area contributed by atoms with Crippen LogP contribution in [0.3, 0.4) is 0 Å². The molecule has 0 bridgehead atoms. The molecule has 0 spiro atoms. The highest BCUT2D eigenvalue weighted by Gasteiger charge is 2.65. The van der Waals surface area contributed by atoms with Crippen LogP contribution >= 0.6 is 0 Å². The second kappa shape index (κ2) is 7.38. The minimum Gasteiger partial charge on any atom is -0.497 e. The lowest BCUT2D eigenvalue weighted by Crippen LogP contribution is -2.57. The Labute approximate surface area is 163 Å². The molecule has 3 aliphatic carbocycles. The molecule has 2 fully saturated rings. The molecule has 0 heterocycles. The number of aryl methyl sites for hydroxylation is 1. The summed E-state index contributed by atoms with van der Waals surface area (Å²) in [6.45, 7) is 3.57. The van der Waals surface area contributed by atoms with E-state index in [1.54, 1.807) is 12.7 Å². The molecular formula is C23H34O4. The Kier molecular flexibility index (Phi) is 5.26. The number of benzene rings is 1. The van der Waals surface area contributed by atoms with Gasteiger partial charge in [0.05, 0.1) is 19.1 Å². The highest BCUT2D eigenvalue weighted by molar-refractivity contribution is 5.40. The molecule has 4 nitrogen and oxygen atoms in total. The fourth-order valence-electron chi connectivity index (χ4n) is 6.73. The standard InChI is InChI=1S/C23H34O4/c1-5-27-15-22-12-10-19-18-9-7-17(24-2)14-16(18)6-8-20(19)21(22)11-13-23(22,25-3)26-4/h7,9,14,19-21H,5-6,8,10-13,15H2,1-4H3/t19-,20-,21+,22-/m1/s1. The average Bonchev–Trinajstić information content (AvgIpc) is 3.06.